The molecule has 0 saturated carbocycles. The number of benzene rings is 22. The molecule has 5 N–H and O–H groups in total. The Morgan fingerprint density at radius 2 is 0.500 bits per heavy atom. The van der Waals surface area contributed by atoms with E-state index >= 15 is 0 Å². The zero-order valence-electron chi connectivity index (χ0n) is 75.4. The summed E-state index contributed by atoms with van der Waals surface area (Å²) in [5, 5.41) is 51.7. The largest absolute Gasteiger partial charge is 0.489 e. The minimum Gasteiger partial charge on any atom is -0.423 e. The van der Waals surface area contributed by atoms with Crippen molar-refractivity contribution in [3.05, 3.63) is 532 Å². The van der Waals surface area contributed by atoms with Gasteiger partial charge in [-0.2, -0.15) is 0 Å². The predicted molar refractivity (Wildman–Crippen MR) is 587 cm³/mol. The molecule has 0 aliphatic heterocycles. The summed E-state index contributed by atoms with van der Waals surface area (Å²) >= 11 is 6.85. The summed E-state index contributed by atoms with van der Waals surface area (Å²) in [6, 6.07) is 165. The van der Waals surface area contributed by atoms with Crippen molar-refractivity contribution in [2.24, 2.45) is 0 Å². The van der Waals surface area contributed by atoms with Crippen molar-refractivity contribution >= 4 is 155 Å². The van der Waals surface area contributed by atoms with Crippen LogP contribution in [0, 0.1) is 0 Å². The molecule has 25 rings (SSSR count). The lowest BCUT2D eigenvalue weighted by molar-refractivity contribution is 0.425. The van der Waals surface area contributed by atoms with E-state index in [1.54, 1.807) is 25.8 Å². The second kappa shape index (κ2) is 39.8. The molecule has 3 heterocycles. The second-order valence-electron chi connectivity index (χ2n) is 34.1. The number of hydrogen-bond acceptors (Lipinski definition) is 7. The summed E-state index contributed by atoms with van der Waals surface area (Å²) in [4.78, 5) is 42.7. The van der Waals surface area contributed by atoms with Crippen molar-refractivity contribution in [2.75, 3.05) is 0 Å². The number of halogens is 2. The van der Waals surface area contributed by atoms with E-state index < -0.39 is 14.2 Å². The van der Waals surface area contributed by atoms with Crippen LogP contribution in [0.3, 0.4) is 0 Å². The zero-order chi connectivity index (χ0) is 95.3. The van der Waals surface area contributed by atoms with Crippen LogP contribution in [0.5, 0.6) is 0 Å². The molecular formula is C123H86B2Br2N6O7. The van der Waals surface area contributed by atoms with Crippen molar-refractivity contribution in [3.63, 3.8) is 0 Å². The minimum absolute atomic E-state index is 0.0845. The number of imidazole rings is 3. The predicted octanol–water partition coefficient (Wildman–Crippen LogP) is 27.1. The van der Waals surface area contributed by atoms with E-state index in [1.165, 1.54) is 59.8 Å². The topological polar surface area (TPSA) is 173 Å². The number of nitrogens with one attached hydrogen (secondary N) is 1. The van der Waals surface area contributed by atoms with Gasteiger partial charge in [0, 0.05) is 8.95 Å². The van der Waals surface area contributed by atoms with Gasteiger partial charge in [0.15, 0.2) is 0 Å². The lowest BCUT2D eigenvalue weighted by Gasteiger charge is -2.18. The van der Waals surface area contributed by atoms with Gasteiger partial charge in [-0.25, -0.2) is 14.4 Å². The number of para-hydroxylation sites is 6. The molecule has 670 valence electrons. The highest BCUT2D eigenvalue weighted by molar-refractivity contribution is 9.10. The molecule has 0 fully saturated rings. The fourth-order valence-electron chi connectivity index (χ4n) is 19.2. The molecule has 0 amide bonds. The molecule has 22 aromatic carbocycles. The standard InChI is InChI=1S/C49H32N2O.C25H17BrN2O.C24H17BO2.C13H9BrN2O.C12H11BO2/c52-49-50(45-23-10-11-24-46(45)51(49)40-18-12-17-37(32-40)33-13-2-1-3-14-33)39-29-27-35(28-30-39)47-41-19-6-8-21-43(41)48(44-22-9-7-20-42(44)47)38-26-25-34-15-4-5-16-36(34)31-38;26-20-13-15-21(16-14-20)27-23-11-4-5-12-24(23)28(25(27)29)22-10-6-9-19(17-22)18-7-2-1-3-8-18;26-25(27)24-21-11-5-3-9-19(21)23(20-10-4-6-12-22(20)24)18-14-13-16-7-1-2-8-17(16)15-18;14-9-5-7-10(8-6-9)16-12-4-2-1-3-11(12)15-13(16)17;14-13(15)12-8-4-7-11(9-12)10-5-2-1-3-6-10/h1-32H;1-17H;1-15,26-27H;1-8H,(H,15,17);1-9,14-15H. The minimum atomic E-state index is -1.52. The summed E-state index contributed by atoms with van der Waals surface area (Å²) in [7, 11) is -2.93. The maximum Gasteiger partial charge on any atom is 0.489 e. The van der Waals surface area contributed by atoms with Gasteiger partial charge in [0.05, 0.1) is 61.5 Å². The first-order chi connectivity index (χ1) is 68.7. The van der Waals surface area contributed by atoms with E-state index in [0.717, 1.165) is 142 Å². The highest BCUT2D eigenvalue weighted by Gasteiger charge is 2.26. The van der Waals surface area contributed by atoms with Crippen molar-refractivity contribution in [1.29, 1.82) is 0 Å². The van der Waals surface area contributed by atoms with E-state index in [1.807, 2.05) is 282 Å². The third-order valence-corrected chi connectivity index (χ3v) is 26.7. The average molecular weight is 1940 g/mol. The van der Waals surface area contributed by atoms with Gasteiger partial charge in [0.25, 0.3) is 0 Å². The molecule has 13 nitrogen and oxygen atoms in total. The van der Waals surface area contributed by atoms with Crippen LogP contribution in [0.15, 0.2) is 515 Å². The Morgan fingerprint density at radius 3 is 0.893 bits per heavy atom. The third kappa shape index (κ3) is 17.9. The number of aromatic amines is 1. The van der Waals surface area contributed by atoms with E-state index in [4.69, 9.17) is 10.0 Å². The molecular weight excluding hydrogens is 1850 g/mol. The first kappa shape index (κ1) is 89.7. The summed E-state index contributed by atoms with van der Waals surface area (Å²) in [5.74, 6) is 0. The van der Waals surface area contributed by atoms with Crippen molar-refractivity contribution in [3.8, 4) is 95.2 Å². The highest BCUT2D eigenvalue weighted by atomic mass is 79.9. The number of fused-ring (bicyclic) bond motifs is 9. The maximum absolute atomic E-state index is 14.4. The molecule has 3 aromatic heterocycles. The molecule has 25 aromatic rings. The highest BCUT2D eigenvalue weighted by Crippen LogP contribution is 2.46. The summed E-state index contributed by atoms with van der Waals surface area (Å²) < 4.78 is 10.8. The Morgan fingerprint density at radius 1 is 0.207 bits per heavy atom. The van der Waals surface area contributed by atoms with Gasteiger partial charge in [-0.15, -0.1) is 0 Å². The Kier molecular flexibility index (Phi) is 25.5. The molecule has 140 heavy (non-hydrogen) atoms. The van der Waals surface area contributed by atoms with E-state index in [-0.39, 0.29) is 17.1 Å². The molecule has 0 unspecified atom stereocenters. The van der Waals surface area contributed by atoms with Gasteiger partial charge in [-0.1, -0.05) is 390 Å². The van der Waals surface area contributed by atoms with Gasteiger partial charge >= 0.3 is 31.3 Å². The first-order valence-electron chi connectivity index (χ1n) is 46.0. The van der Waals surface area contributed by atoms with Gasteiger partial charge in [-0.05, 0) is 276 Å². The van der Waals surface area contributed by atoms with Gasteiger partial charge in [0.1, 0.15) is 0 Å². The lowest BCUT2D eigenvalue weighted by Crippen LogP contribution is -2.31. The van der Waals surface area contributed by atoms with Crippen molar-refractivity contribution in [1.82, 2.24) is 27.8 Å². The maximum atomic E-state index is 14.4. The Labute approximate surface area is 823 Å². The molecule has 0 aliphatic carbocycles. The molecule has 0 spiro atoms. The van der Waals surface area contributed by atoms with Crippen LogP contribution in [0.4, 0.5) is 0 Å². The Hall–Kier alpha value is -16.9. The van der Waals surface area contributed by atoms with E-state index in [9.17, 15) is 24.4 Å². The Bertz CT molecular complexity index is 9010. The molecule has 0 radical (unpaired) electrons. The normalized spacial score (nSPS) is 11.2. The lowest BCUT2D eigenvalue weighted by atomic mass is 9.72. The molecule has 0 atom stereocenters. The van der Waals surface area contributed by atoms with Crippen LogP contribution in [-0.2, 0) is 0 Å². The number of rotatable bonds is 13. The molecule has 0 aliphatic rings. The number of nitrogens with zero attached hydrogens (tertiary/aromatic N) is 5. The van der Waals surface area contributed by atoms with E-state index in [2.05, 4.69) is 243 Å². The number of hydrogen-bond donors (Lipinski definition) is 5. The smallest absolute Gasteiger partial charge is 0.423 e. The molecule has 0 bridgehead atoms. The second-order valence-corrected chi connectivity index (χ2v) is 35.9. The fraction of sp³-hybridized carbons (Fsp3) is 0. The number of aromatic nitrogens is 6. The molecule has 17 heteroatoms. The van der Waals surface area contributed by atoms with Gasteiger partial charge < -0.3 is 25.1 Å². The van der Waals surface area contributed by atoms with Gasteiger partial charge in [-0.3, -0.25) is 22.8 Å². The van der Waals surface area contributed by atoms with Crippen LogP contribution in [0.2, 0.25) is 0 Å². The molecule has 0 saturated heterocycles. The van der Waals surface area contributed by atoms with Crippen LogP contribution in [-0.4, -0.2) is 62.2 Å². The summed E-state index contributed by atoms with van der Waals surface area (Å²) in [5.41, 5.74) is 23.6. The van der Waals surface area contributed by atoms with Crippen LogP contribution in [0.25, 0.3) is 193 Å². The Balaban J connectivity index is 0.000000113. The quantitative estimate of drug-likeness (QED) is 0.0564. The fourth-order valence-corrected chi connectivity index (χ4v) is 19.7. The average Bonchev–Trinajstić information content (AvgIpc) is 0.879. The zero-order valence-corrected chi connectivity index (χ0v) is 78.6. The van der Waals surface area contributed by atoms with Crippen LogP contribution >= 0.6 is 31.9 Å². The van der Waals surface area contributed by atoms with Crippen LogP contribution < -0.4 is 28.0 Å². The van der Waals surface area contributed by atoms with Gasteiger partial charge in [0.2, 0.25) is 0 Å². The van der Waals surface area contributed by atoms with Crippen molar-refractivity contribution < 1.29 is 20.1 Å². The SMILES string of the molecule is O=c1[nH]c2ccccc2n1-c1ccc(Br)cc1.O=c1n(-c2ccc(-c3c4ccccc4c(-c4ccc5ccccc5c4)c4ccccc34)cc2)c2ccccc2n1-c1cccc(-c2ccccc2)c1.O=c1n(-c2ccc(Br)cc2)c2ccccc2n1-c1cccc(-c2ccccc2)c1.OB(O)c1c2ccccc2c(-c2ccc3ccccc3c2)c2ccccc12.OB(O)c1cccc(-c2ccccc2)c1. The number of H-pyrrole nitrogens is 1. The summed E-state index contributed by atoms with van der Waals surface area (Å²) in [6.07, 6.45) is 0. The van der Waals surface area contributed by atoms with Crippen molar-refractivity contribution in [2.45, 2.75) is 0 Å². The summed E-state index contributed by atoms with van der Waals surface area (Å²) in [6.45, 7) is 0. The first-order valence-corrected chi connectivity index (χ1v) is 47.6. The van der Waals surface area contributed by atoms with Crippen LogP contribution in [0.1, 0.15) is 0 Å². The monoisotopic (exact) mass is 1940 g/mol. The third-order valence-electron chi connectivity index (χ3n) is 25.6. The van der Waals surface area contributed by atoms with E-state index in [0.29, 0.717) is 10.9 Å².